The Kier molecular flexibility index (Phi) is 4.63. The Morgan fingerprint density at radius 1 is 1.63 bits per heavy atom. The number of nitrogens with one attached hydrogen (secondary N) is 1. The van der Waals surface area contributed by atoms with E-state index in [9.17, 15) is 9.18 Å². The van der Waals surface area contributed by atoms with E-state index in [0.29, 0.717) is 5.25 Å². The van der Waals surface area contributed by atoms with E-state index < -0.39 is 11.7 Å². The van der Waals surface area contributed by atoms with Crippen LogP contribution in [-0.4, -0.2) is 27.9 Å². The van der Waals surface area contributed by atoms with Gasteiger partial charge in [0.25, 0.3) is 5.91 Å². The molecule has 1 fully saturated rings. The van der Waals surface area contributed by atoms with Gasteiger partial charge in [0, 0.05) is 17.5 Å². The molecular weight excluding hydrogens is 265 g/mol. The van der Waals surface area contributed by atoms with E-state index in [1.807, 2.05) is 11.8 Å². The minimum atomic E-state index is -0.738. The molecule has 0 radical (unpaired) electrons. The highest BCUT2D eigenvalue weighted by atomic mass is 32.2. The standard InChI is InChI=1S/C13H18FN3OS/c1-2-19-10-5-3-4-9(10)17-13(18)8-6-7-16-12(15)11(8)14/h6-7,9-10H,2-5H2,1H3,(H2,15,16)(H,17,18). The summed E-state index contributed by atoms with van der Waals surface area (Å²) in [5, 5.41) is 3.34. The first kappa shape index (κ1) is 14.1. The molecule has 6 heteroatoms. The van der Waals surface area contributed by atoms with Gasteiger partial charge in [-0.25, -0.2) is 9.37 Å². The molecule has 0 spiro atoms. The van der Waals surface area contributed by atoms with Crippen molar-refractivity contribution in [1.82, 2.24) is 10.3 Å². The number of anilines is 1. The molecule has 19 heavy (non-hydrogen) atoms. The van der Waals surface area contributed by atoms with E-state index >= 15 is 0 Å². The zero-order chi connectivity index (χ0) is 13.8. The molecule has 1 heterocycles. The third-order valence-electron chi connectivity index (χ3n) is 3.31. The summed E-state index contributed by atoms with van der Waals surface area (Å²) in [7, 11) is 0. The van der Waals surface area contributed by atoms with Gasteiger partial charge < -0.3 is 11.1 Å². The van der Waals surface area contributed by atoms with Gasteiger partial charge in [0.15, 0.2) is 11.6 Å². The second-order valence-corrected chi connectivity index (χ2v) is 6.08. The molecule has 0 aromatic carbocycles. The summed E-state index contributed by atoms with van der Waals surface area (Å²) < 4.78 is 13.7. The van der Waals surface area contributed by atoms with Crippen molar-refractivity contribution in [2.45, 2.75) is 37.5 Å². The molecule has 104 valence electrons. The number of hydrogen-bond acceptors (Lipinski definition) is 4. The van der Waals surface area contributed by atoms with Crippen molar-refractivity contribution in [2.75, 3.05) is 11.5 Å². The fraction of sp³-hybridized carbons (Fsp3) is 0.538. The van der Waals surface area contributed by atoms with E-state index in [-0.39, 0.29) is 17.4 Å². The van der Waals surface area contributed by atoms with E-state index in [1.165, 1.54) is 12.3 Å². The van der Waals surface area contributed by atoms with Gasteiger partial charge in [-0.15, -0.1) is 0 Å². The average molecular weight is 283 g/mol. The van der Waals surface area contributed by atoms with Crippen LogP contribution in [0.15, 0.2) is 12.3 Å². The molecule has 1 aliphatic carbocycles. The summed E-state index contributed by atoms with van der Waals surface area (Å²) in [5.74, 6) is -0.357. The largest absolute Gasteiger partial charge is 0.381 e. The van der Waals surface area contributed by atoms with Crippen LogP contribution in [0.5, 0.6) is 0 Å². The Morgan fingerprint density at radius 3 is 3.16 bits per heavy atom. The zero-order valence-electron chi connectivity index (χ0n) is 10.9. The van der Waals surface area contributed by atoms with E-state index in [1.54, 1.807) is 0 Å². The molecule has 1 aliphatic rings. The van der Waals surface area contributed by atoms with Gasteiger partial charge >= 0.3 is 0 Å². The van der Waals surface area contributed by atoms with Crippen molar-refractivity contribution >= 4 is 23.5 Å². The van der Waals surface area contributed by atoms with Crippen molar-refractivity contribution in [3.05, 3.63) is 23.6 Å². The molecule has 2 rings (SSSR count). The highest BCUT2D eigenvalue weighted by Gasteiger charge is 2.29. The van der Waals surface area contributed by atoms with Crippen LogP contribution >= 0.6 is 11.8 Å². The maximum atomic E-state index is 13.7. The minimum Gasteiger partial charge on any atom is -0.381 e. The van der Waals surface area contributed by atoms with Gasteiger partial charge in [0.2, 0.25) is 0 Å². The number of pyridine rings is 1. The summed E-state index contributed by atoms with van der Waals surface area (Å²) in [6, 6.07) is 1.48. The molecule has 1 saturated carbocycles. The lowest BCUT2D eigenvalue weighted by molar-refractivity contribution is 0.0934. The number of hydrogen-bond donors (Lipinski definition) is 2. The number of nitrogens with zero attached hydrogens (tertiary/aromatic N) is 1. The SMILES string of the molecule is CCSC1CCCC1NC(=O)c1ccnc(N)c1F. The lowest BCUT2D eigenvalue weighted by Gasteiger charge is -2.20. The third kappa shape index (κ3) is 3.18. The number of carbonyl (C=O) groups is 1. The number of thioether (sulfide) groups is 1. The highest BCUT2D eigenvalue weighted by molar-refractivity contribution is 7.99. The monoisotopic (exact) mass is 283 g/mol. The topological polar surface area (TPSA) is 68.0 Å². The van der Waals surface area contributed by atoms with E-state index in [2.05, 4.69) is 17.2 Å². The highest BCUT2D eigenvalue weighted by Crippen LogP contribution is 2.30. The van der Waals surface area contributed by atoms with Gasteiger partial charge in [0.1, 0.15) is 0 Å². The van der Waals surface area contributed by atoms with Crippen LogP contribution in [0.2, 0.25) is 0 Å². The lowest BCUT2D eigenvalue weighted by atomic mass is 10.2. The summed E-state index contributed by atoms with van der Waals surface area (Å²) in [5.41, 5.74) is 5.34. The predicted molar refractivity (Wildman–Crippen MR) is 75.6 cm³/mol. The van der Waals surface area contributed by atoms with Crippen LogP contribution in [0, 0.1) is 5.82 Å². The average Bonchev–Trinajstić information content (AvgIpc) is 2.80. The third-order valence-corrected chi connectivity index (χ3v) is 4.64. The maximum Gasteiger partial charge on any atom is 0.254 e. The summed E-state index contributed by atoms with van der Waals surface area (Å²) in [4.78, 5) is 15.7. The summed E-state index contributed by atoms with van der Waals surface area (Å²) >= 11 is 1.85. The molecule has 0 aliphatic heterocycles. The molecule has 2 unspecified atom stereocenters. The smallest absolute Gasteiger partial charge is 0.254 e. The second kappa shape index (κ2) is 6.23. The molecule has 0 bridgehead atoms. The Balaban J connectivity index is 2.06. The fourth-order valence-electron chi connectivity index (χ4n) is 2.39. The summed E-state index contributed by atoms with van der Waals surface area (Å²) in [6.45, 7) is 2.10. The molecule has 4 nitrogen and oxygen atoms in total. The first-order valence-electron chi connectivity index (χ1n) is 6.46. The number of halogens is 1. The van der Waals surface area contributed by atoms with E-state index in [4.69, 9.17) is 5.73 Å². The fourth-order valence-corrected chi connectivity index (χ4v) is 3.58. The Bertz CT molecular complexity index is 469. The van der Waals surface area contributed by atoms with Gasteiger partial charge in [-0.2, -0.15) is 11.8 Å². The van der Waals surface area contributed by atoms with Crippen molar-refractivity contribution < 1.29 is 9.18 Å². The molecule has 3 N–H and O–H groups in total. The normalized spacial score (nSPS) is 22.4. The van der Waals surface area contributed by atoms with E-state index in [0.717, 1.165) is 25.0 Å². The van der Waals surface area contributed by atoms with Gasteiger partial charge in [-0.05, 0) is 24.7 Å². The first-order valence-corrected chi connectivity index (χ1v) is 7.50. The minimum absolute atomic E-state index is 0.0281. The molecule has 1 aromatic rings. The maximum absolute atomic E-state index is 13.7. The van der Waals surface area contributed by atoms with Gasteiger partial charge in [-0.3, -0.25) is 4.79 Å². The van der Waals surface area contributed by atoms with Crippen molar-refractivity contribution in [3.8, 4) is 0 Å². The van der Waals surface area contributed by atoms with Crippen LogP contribution in [0.1, 0.15) is 36.5 Å². The molecule has 1 aromatic heterocycles. The number of carbonyl (C=O) groups excluding carboxylic acids is 1. The summed E-state index contributed by atoms with van der Waals surface area (Å²) in [6.07, 6.45) is 4.50. The van der Waals surface area contributed by atoms with Crippen molar-refractivity contribution in [3.63, 3.8) is 0 Å². The van der Waals surface area contributed by atoms with Crippen LogP contribution in [0.25, 0.3) is 0 Å². The zero-order valence-corrected chi connectivity index (χ0v) is 11.7. The van der Waals surface area contributed by atoms with Gasteiger partial charge in [-0.1, -0.05) is 13.3 Å². The second-order valence-electron chi connectivity index (χ2n) is 4.56. The molecule has 1 amide bonds. The van der Waals surface area contributed by atoms with Gasteiger partial charge in [0.05, 0.1) is 5.56 Å². The quantitative estimate of drug-likeness (QED) is 0.889. The number of amides is 1. The van der Waals surface area contributed by atoms with Crippen molar-refractivity contribution in [1.29, 1.82) is 0 Å². The molecular formula is C13H18FN3OS. The van der Waals surface area contributed by atoms with Crippen LogP contribution in [0.3, 0.4) is 0 Å². The Hall–Kier alpha value is -1.30. The van der Waals surface area contributed by atoms with Crippen LogP contribution < -0.4 is 11.1 Å². The van der Waals surface area contributed by atoms with Crippen LogP contribution in [0.4, 0.5) is 10.2 Å². The first-order chi connectivity index (χ1) is 9.13. The Morgan fingerprint density at radius 2 is 2.42 bits per heavy atom. The molecule has 0 saturated heterocycles. The lowest BCUT2D eigenvalue weighted by Crippen LogP contribution is -2.39. The van der Waals surface area contributed by atoms with Crippen LogP contribution in [-0.2, 0) is 0 Å². The predicted octanol–water partition coefficient (Wildman–Crippen LogP) is 2.21. The number of rotatable bonds is 4. The number of nitrogens with two attached hydrogens (primary N) is 1. The number of nitrogen functional groups attached to an aromatic ring is 1. The Labute approximate surface area is 116 Å². The van der Waals surface area contributed by atoms with Crippen molar-refractivity contribution in [2.24, 2.45) is 0 Å². The number of aromatic nitrogens is 1. The molecule has 2 atom stereocenters.